The molecule has 0 amide bonds. The molecule has 2 unspecified atom stereocenters. The first-order valence-corrected chi connectivity index (χ1v) is 6.42. The second-order valence-electron chi connectivity index (χ2n) is 5.38. The molecule has 1 aliphatic carbocycles. The van der Waals surface area contributed by atoms with Gasteiger partial charge >= 0.3 is 0 Å². The van der Waals surface area contributed by atoms with Gasteiger partial charge in [-0.1, -0.05) is 29.4 Å². The fraction of sp³-hybridized carbons (Fsp3) is 0.429. The van der Waals surface area contributed by atoms with Crippen LogP contribution in [0, 0.1) is 0 Å². The van der Waals surface area contributed by atoms with Crippen molar-refractivity contribution in [3.8, 4) is 0 Å². The molecule has 100 valence electrons. The van der Waals surface area contributed by atoms with Gasteiger partial charge in [0, 0.05) is 6.54 Å². The summed E-state index contributed by atoms with van der Waals surface area (Å²) in [4.78, 5) is 4.37. The first kappa shape index (κ1) is 12.3. The highest BCUT2D eigenvalue weighted by molar-refractivity contribution is 5.43. The second kappa shape index (κ2) is 4.43. The van der Waals surface area contributed by atoms with E-state index in [-0.39, 0.29) is 18.9 Å². The van der Waals surface area contributed by atoms with Gasteiger partial charge in [-0.15, -0.1) is 0 Å². The van der Waals surface area contributed by atoms with Gasteiger partial charge in [-0.2, -0.15) is 4.98 Å². The number of rotatable bonds is 4. The first-order valence-electron chi connectivity index (χ1n) is 6.42. The zero-order valence-electron chi connectivity index (χ0n) is 10.8. The van der Waals surface area contributed by atoms with E-state index in [9.17, 15) is 5.11 Å². The van der Waals surface area contributed by atoms with Crippen LogP contribution in [0.2, 0.25) is 0 Å². The van der Waals surface area contributed by atoms with E-state index in [1.165, 1.54) is 11.1 Å². The fourth-order valence-corrected chi connectivity index (χ4v) is 2.37. The first-order chi connectivity index (χ1) is 9.09. The van der Waals surface area contributed by atoms with Gasteiger partial charge in [0.25, 0.3) is 0 Å². The maximum Gasteiger partial charge on any atom is 0.229 e. The number of fused-ring (bicyclic) bond motifs is 1. The molecule has 0 fully saturated rings. The second-order valence-corrected chi connectivity index (χ2v) is 5.38. The van der Waals surface area contributed by atoms with E-state index in [2.05, 4.69) is 22.3 Å². The van der Waals surface area contributed by atoms with Gasteiger partial charge in [-0.3, -0.25) is 0 Å². The summed E-state index contributed by atoms with van der Waals surface area (Å²) in [7, 11) is 0. The van der Waals surface area contributed by atoms with Crippen molar-refractivity contribution in [3.05, 3.63) is 47.1 Å². The number of hydrogen-bond donors (Lipinski definition) is 2. The minimum Gasteiger partial charge on any atom is -0.388 e. The number of aromatic nitrogens is 2. The Morgan fingerprint density at radius 1 is 1.47 bits per heavy atom. The molecule has 5 nitrogen and oxygen atoms in total. The molecule has 1 aromatic heterocycles. The Labute approximate surface area is 111 Å². The molecule has 0 aliphatic heterocycles. The lowest BCUT2D eigenvalue weighted by atomic mass is 9.77. The van der Waals surface area contributed by atoms with Crippen molar-refractivity contribution in [1.29, 1.82) is 0 Å². The number of hydrogen-bond acceptors (Lipinski definition) is 5. The van der Waals surface area contributed by atoms with Crippen LogP contribution in [0.15, 0.2) is 28.8 Å². The van der Waals surface area contributed by atoms with Crippen molar-refractivity contribution in [2.24, 2.45) is 5.73 Å². The zero-order valence-corrected chi connectivity index (χ0v) is 10.8. The molecule has 5 heteroatoms. The summed E-state index contributed by atoms with van der Waals surface area (Å²) < 4.78 is 5.20. The summed E-state index contributed by atoms with van der Waals surface area (Å²) in [6.07, 6.45) is 1.23. The van der Waals surface area contributed by atoms with E-state index >= 15 is 0 Å². The molecule has 0 saturated heterocycles. The minimum atomic E-state index is -0.999. The molecule has 1 aliphatic rings. The predicted octanol–water partition coefficient (Wildman–Crippen LogP) is 1.01. The third-order valence-electron chi connectivity index (χ3n) is 3.62. The molecule has 2 atom stereocenters. The van der Waals surface area contributed by atoms with Crippen LogP contribution in [0.25, 0.3) is 0 Å². The molecular weight excluding hydrogens is 242 g/mol. The summed E-state index contributed by atoms with van der Waals surface area (Å²) in [5, 5.41) is 13.9. The van der Waals surface area contributed by atoms with Crippen molar-refractivity contribution in [2.45, 2.75) is 31.3 Å². The van der Waals surface area contributed by atoms with Crippen LogP contribution in [-0.2, 0) is 12.8 Å². The molecule has 1 heterocycles. The molecule has 2 aromatic rings. The van der Waals surface area contributed by atoms with E-state index < -0.39 is 5.60 Å². The quantitative estimate of drug-likeness (QED) is 0.856. The maximum absolute atomic E-state index is 9.90. The highest BCUT2D eigenvalue weighted by Crippen LogP contribution is 2.38. The smallest absolute Gasteiger partial charge is 0.229 e. The Morgan fingerprint density at radius 2 is 2.26 bits per heavy atom. The molecule has 0 spiro atoms. The Bertz CT molecular complexity index is 592. The van der Waals surface area contributed by atoms with Gasteiger partial charge in [0.05, 0.1) is 17.9 Å². The topological polar surface area (TPSA) is 85.2 Å². The standard InChI is InChI=1S/C14H17N3O2/c1-14(18,8-15)7-12-16-13(17-19-12)11-6-9-4-2-3-5-10(9)11/h2-5,11,18H,6-8,15H2,1H3. The minimum absolute atomic E-state index is 0.164. The summed E-state index contributed by atoms with van der Waals surface area (Å²) in [6.45, 7) is 1.83. The number of aliphatic hydroxyl groups is 1. The summed E-state index contributed by atoms with van der Waals surface area (Å²) in [6, 6.07) is 8.27. The van der Waals surface area contributed by atoms with Gasteiger partial charge < -0.3 is 15.4 Å². The molecule has 1 aromatic carbocycles. The lowest BCUT2D eigenvalue weighted by Gasteiger charge is -2.27. The van der Waals surface area contributed by atoms with Crippen LogP contribution in [0.3, 0.4) is 0 Å². The number of nitrogens with two attached hydrogens (primary N) is 1. The third-order valence-corrected chi connectivity index (χ3v) is 3.62. The number of nitrogens with zero attached hydrogens (tertiary/aromatic N) is 2. The summed E-state index contributed by atoms with van der Waals surface area (Å²) in [5.41, 5.74) is 7.09. The normalized spacial score (nSPS) is 20.5. The van der Waals surface area contributed by atoms with Crippen molar-refractivity contribution < 1.29 is 9.63 Å². The Kier molecular flexibility index (Phi) is 2.88. The van der Waals surface area contributed by atoms with Crippen molar-refractivity contribution in [1.82, 2.24) is 10.1 Å². The lowest BCUT2D eigenvalue weighted by Crippen LogP contribution is -2.36. The van der Waals surface area contributed by atoms with Gasteiger partial charge in [-0.25, -0.2) is 0 Å². The van der Waals surface area contributed by atoms with E-state index in [0.29, 0.717) is 11.7 Å². The van der Waals surface area contributed by atoms with Crippen LogP contribution < -0.4 is 5.73 Å². The Balaban J connectivity index is 1.77. The average molecular weight is 259 g/mol. The fourth-order valence-electron chi connectivity index (χ4n) is 2.37. The molecule has 3 N–H and O–H groups in total. The molecule has 0 saturated carbocycles. The predicted molar refractivity (Wildman–Crippen MR) is 69.7 cm³/mol. The van der Waals surface area contributed by atoms with E-state index in [1.54, 1.807) is 6.92 Å². The third kappa shape index (κ3) is 2.27. The van der Waals surface area contributed by atoms with Crippen LogP contribution in [-0.4, -0.2) is 27.4 Å². The molecule has 0 bridgehead atoms. The maximum atomic E-state index is 9.90. The summed E-state index contributed by atoms with van der Waals surface area (Å²) >= 11 is 0. The highest BCUT2D eigenvalue weighted by atomic mass is 16.5. The average Bonchev–Trinajstić information content (AvgIpc) is 2.78. The van der Waals surface area contributed by atoms with Crippen molar-refractivity contribution >= 4 is 0 Å². The summed E-state index contributed by atoms with van der Waals surface area (Å²) in [5.74, 6) is 1.35. The van der Waals surface area contributed by atoms with Crippen LogP contribution in [0.5, 0.6) is 0 Å². The SMILES string of the molecule is CC(O)(CN)Cc1nc(C2Cc3ccccc32)no1. The van der Waals surface area contributed by atoms with Gasteiger partial charge in [0.2, 0.25) is 5.89 Å². The van der Waals surface area contributed by atoms with Gasteiger partial charge in [0.1, 0.15) is 0 Å². The largest absolute Gasteiger partial charge is 0.388 e. The van der Waals surface area contributed by atoms with Gasteiger partial charge in [0.15, 0.2) is 5.82 Å². The van der Waals surface area contributed by atoms with E-state index in [1.807, 2.05) is 12.1 Å². The molecule has 0 radical (unpaired) electrons. The monoisotopic (exact) mass is 259 g/mol. The van der Waals surface area contributed by atoms with E-state index in [0.717, 1.165) is 6.42 Å². The van der Waals surface area contributed by atoms with Crippen molar-refractivity contribution in [3.63, 3.8) is 0 Å². The number of benzene rings is 1. The zero-order chi connectivity index (χ0) is 13.5. The molecule has 19 heavy (non-hydrogen) atoms. The van der Waals surface area contributed by atoms with Gasteiger partial charge in [-0.05, 0) is 24.5 Å². The molecular formula is C14H17N3O2. The van der Waals surface area contributed by atoms with Crippen LogP contribution in [0.1, 0.15) is 35.7 Å². The van der Waals surface area contributed by atoms with Crippen LogP contribution in [0.4, 0.5) is 0 Å². The Hall–Kier alpha value is -1.72. The van der Waals surface area contributed by atoms with E-state index in [4.69, 9.17) is 10.3 Å². The van der Waals surface area contributed by atoms with Crippen LogP contribution >= 0.6 is 0 Å². The highest BCUT2D eigenvalue weighted by Gasteiger charge is 2.31. The lowest BCUT2D eigenvalue weighted by molar-refractivity contribution is 0.0610. The molecule has 3 rings (SSSR count). The Morgan fingerprint density at radius 3 is 3.00 bits per heavy atom. The van der Waals surface area contributed by atoms with Crippen molar-refractivity contribution in [2.75, 3.05) is 6.54 Å².